The minimum atomic E-state index is -0.489. The normalized spacial score (nSPS) is 11.9. The maximum absolute atomic E-state index is 12.9. The zero-order valence-corrected chi connectivity index (χ0v) is 19.1. The molecule has 0 saturated heterocycles. The highest BCUT2D eigenvalue weighted by Crippen LogP contribution is 2.34. The lowest BCUT2D eigenvalue weighted by atomic mass is 10.1. The summed E-state index contributed by atoms with van der Waals surface area (Å²) in [4.78, 5) is 26.1. The van der Waals surface area contributed by atoms with E-state index in [-0.39, 0.29) is 12.5 Å². The quantitative estimate of drug-likeness (QED) is 0.434. The molecule has 30 heavy (non-hydrogen) atoms. The number of anilines is 1. The Kier molecular flexibility index (Phi) is 6.88. The summed E-state index contributed by atoms with van der Waals surface area (Å²) < 4.78 is 6.77. The number of thiophene rings is 1. The van der Waals surface area contributed by atoms with E-state index in [1.54, 1.807) is 18.5 Å². The molecule has 1 atom stereocenters. The fourth-order valence-electron chi connectivity index (χ4n) is 2.79. The number of rotatable bonds is 7. The number of aromatic nitrogens is 4. The Morgan fingerprint density at radius 1 is 1.27 bits per heavy atom. The average molecular weight is 446 g/mol. The average Bonchev–Trinajstić information content (AvgIpc) is 3.26. The number of esters is 1. The highest BCUT2D eigenvalue weighted by atomic mass is 32.2. The molecule has 0 bridgehead atoms. The number of hydrogen-bond donors (Lipinski definition) is 1. The number of amides is 1. The summed E-state index contributed by atoms with van der Waals surface area (Å²) in [6, 6.07) is 7.74. The van der Waals surface area contributed by atoms with E-state index < -0.39 is 11.2 Å². The monoisotopic (exact) mass is 445 g/mol. The van der Waals surface area contributed by atoms with Crippen molar-refractivity contribution in [2.45, 2.75) is 45.0 Å². The van der Waals surface area contributed by atoms with Crippen molar-refractivity contribution in [1.82, 2.24) is 20.2 Å². The highest BCUT2D eigenvalue weighted by molar-refractivity contribution is 8.00. The van der Waals surface area contributed by atoms with Gasteiger partial charge in [0.1, 0.15) is 5.00 Å². The Balaban J connectivity index is 1.78. The number of para-hydroxylation sites is 1. The molecule has 8 nitrogen and oxygen atoms in total. The van der Waals surface area contributed by atoms with Crippen LogP contribution in [0.2, 0.25) is 0 Å². The van der Waals surface area contributed by atoms with Gasteiger partial charge in [-0.05, 0) is 62.2 Å². The fraction of sp³-hybridized carbons (Fsp3) is 0.350. The minimum Gasteiger partial charge on any atom is -0.462 e. The summed E-state index contributed by atoms with van der Waals surface area (Å²) in [6.45, 7) is 9.53. The highest BCUT2D eigenvalue weighted by Gasteiger charge is 2.25. The van der Waals surface area contributed by atoms with Gasteiger partial charge in [-0.15, -0.1) is 16.4 Å². The number of carbonyl (C=O) groups excluding carboxylic acids is 2. The van der Waals surface area contributed by atoms with Gasteiger partial charge in [0.05, 0.1) is 23.1 Å². The second-order valence-electron chi connectivity index (χ2n) is 6.62. The van der Waals surface area contributed by atoms with Gasteiger partial charge in [0.2, 0.25) is 11.1 Å². The van der Waals surface area contributed by atoms with Crippen molar-refractivity contribution >= 4 is 40.0 Å². The van der Waals surface area contributed by atoms with E-state index in [4.69, 9.17) is 4.74 Å². The molecule has 3 aromatic rings. The van der Waals surface area contributed by atoms with E-state index in [2.05, 4.69) is 20.8 Å². The van der Waals surface area contributed by atoms with Crippen LogP contribution in [0.25, 0.3) is 5.69 Å². The zero-order valence-electron chi connectivity index (χ0n) is 17.4. The van der Waals surface area contributed by atoms with Crippen molar-refractivity contribution in [3.8, 4) is 5.69 Å². The number of ether oxygens (including phenoxy) is 1. The largest absolute Gasteiger partial charge is 0.462 e. The molecule has 0 radical (unpaired) electrons. The van der Waals surface area contributed by atoms with Crippen LogP contribution in [0.5, 0.6) is 0 Å². The number of tetrazole rings is 1. The maximum Gasteiger partial charge on any atom is 0.341 e. The number of benzene rings is 1. The van der Waals surface area contributed by atoms with Gasteiger partial charge < -0.3 is 10.1 Å². The molecule has 2 heterocycles. The van der Waals surface area contributed by atoms with E-state index in [9.17, 15) is 9.59 Å². The van der Waals surface area contributed by atoms with Crippen molar-refractivity contribution in [2.24, 2.45) is 0 Å². The molecule has 1 unspecified atom stereocenters. The van der Waals surface area contributed by atoms with E-state index in [1.165, 1.54) is 23.1 Å². The number of nitrogens with one attached hydrogen (secondary N) is 1. The maximum atomic E-state index is 12.9. The number of hydrogen-bond acceptors (Lipinski definition) is 8. The zero-order chi connectivity index (χ0) is 21.8. The second kappa shape index (κ2) is 9.40. The fourth-order valence-corrected chi connectivity index (χ4v) is 4.65. The molecule has 10 heteroatoms. The van der Waals surface area contributed by atoms with Crippen LogP contribution in [0.1, 0.15) is 40.2 Å². The van der Waals surface area contributed by atoms with Gasteiger partial charge in [-0.3, -0.25) is 4.79 Å². The third-order valence-corrected chi connectivity index (χ3v) is 6.69. The van der Waals surface area contributed by atoms with Crippen LogP contribution in [-0.2, 0) is 9.53 Å². The summed E-state index contributed by atoms with van der Waals surface area (Å²) in [5.74, 6) is -0.676. The third-order valence-electron chi connectivity index (χ3n) is 4.54. The molecule has 0 aliphatic rings. The second-order valence-corrected chi connectivity index (χ2v) is 9.15. The van der Waals surface area contributed by atoms with Crippen LogP contribution in [0, 0.1) is 20.8 Å². The van der Waals surface area contributed by atoms with Gasteiger partial charge in [0.25, 0.3) is 0 Å². The topological polar surface area (TPSA) is 99.0 Å². The number of nitrogens with zero attached hydrogens (tertiary/aromatic N) is 4. The van der Waals surface area contributed by atoms with Crippen LogP contribution >= 0.6 is 23.1 Å². The van der Waals surface area contributed by atoms with E-state index >= 15 is 0 Å². The first-order chi connectivity index (χ1) is 14.3. The van der Waals surface area contributed by atoms with Gasteiger partial charge in [-0.25, -0.2) is 4.79 Å². The summed E-state index contributed by atoms with van der Waals surface area (Å²) in [6.07, 6.45) is 0. The molecule has 1 N–H and O–H groups in total. The third kappa shape index (κ3) is 4.54. The first kappa shape index (κ1) is 22.0. The lowest BCUT2D eigenvalue weighted by molar-refractivity contribution is -0.115. The summed E-state index contributed by atoms with van der Waals surface area (Å²) in [5, 5.41) is 15.3. The van der Waals surface area contributed by atoms with Crippen molar-refractivity contribution in [1.29, 1.82) is 0 Å². The number of thioether (sulfide) groups is 1. The Labute approximate surface area is 183 Å². The van der Waals surface area contributed by atoms with Gasteiger partial charge in [0.15, 0.2) is 0 Å². The Bertz CT molecular complexity index is 1080. The van der Waals surface area contributed by atoms with Gasteiger partial charge in [-0.2, -0.15) is 4.68 Å². The first-order valence-electron chi connectivity index (χ1n) is 9.42. The first-order valence-corrected chi connectivity index (χ1v) is 11.1. The lowest BCUT2D eigenvalue weighted by Crippen LogP contribution is -2.23. The summed E-state index contributed by atoms with van der Waals surface area (Å²) in [7, 11) is 0. The van der Waals surface area contributed by atoms with Crippen molar-refractivity contribution < 1.29 is 14.3 Å². The molecule has 1 aromatic carbocycles. The molecule has 0 aliphatic heterocycles. The molecule has 2 aromatic heterocycles. The van der Waals surface area contributed by atoms with E-state index in [0.717, 1.165) is 21.7 Å². The Hall–Kier alpha value is -2.72. The number of carbonyl (C=O) groups is 2. The standard InChI is InChI=1S/C20H23N5O3S2/c1-6-28-19(27)16-12(3)13(4)29-18(16)21-17(26)14(5)30-20-22-23-24-25(20)15-10-8-7-9-11(15)2/h7-10,14H,6H2,1-5H3,(H,21,26). The Morgan fingerprint density at radius 2 is 2.00 bits per heavy atom. The smallest absolute Gasteiger partial charge is 0.341 e. The van der Waals surface area contributed by atoms with Crippen LogP contribution in [0.15, 0.2) is 29.4 Å². The number of aryl methyl sites for hydroxylation is 2. The molecule has 0 spiro atoms. The molecule has 158 valence electrons. The SMILES string of the molecule is CCOC(=O)c1c(NC(=O)C(C)Sc2nnnn2-c2ccccc2C)sc(C)c1C. The molecular weight excluding hydrogens is 422 g/mol. The van der Waals surface area contributed by atoms with Gasteiger partial charge in [-0.1, -0.05) is 30.0 Å². The predicted molar refractivity (Wildman–Crippen MR) is 118 cm³/mol. The molecule has 0 saturated carbocycles. The van der Waals surface area contributed by atoms with Crippen molar-refractivity contribution in [3.63, 3.8) is 0 Å². The lowest BCUT2D eigenvalue weighted by Gasteiger charge is -2.12. The van der Waals surface area contributed by atoms with Crippen molar-refractivity contribution in [2.75, 3.05) is 11.9 Å². The molecule has 3 rings (SSSR count). The van der Waals surface area contributed by atoms with Gasteiger partial charge >= 0.3 is 5.97 Å². The van der Waals surface area contributed by atoms with Crippen LogP contribution < -0.4 is 5.32 Å². The molecular formula is C20H23N5O3S2. The molecule has 1 amide bonds. The van der Waals surface area contributed by atoms with Crippen LogP contribution in [0.4, 0.5) is 5.00 Å². The minimum absolute atomic E-state index is 0.244. The summed E-state index contributed by atoms with van der Waals surface area (Å²) >= 11 is 2.61. The van der Waals surface area contributed by atoms with E-state index in [1.807, 2.05) is 45.0 Å². The van der Waals surface area contributed by atoms with Crippen molar-refractivity contribution in [3.05, 3.63) is 45.8 Å². The predicted octanol–water partition coefficient (Wildman–Crippen LogP) is 3.95. The van der Waals surface area contributed by atoms with E-state index in [0.29, 0.717) is 15.7 Å². The molecule has 0 fully saturated rings. The molecule has 0 aliphatic carbocycles. The van der Waals surface area contributed by atoms with Crippen LogP contribution in [0.3, 0.4) is 0 Å². The van der Waals surface area contributed by atoms with Gasteiger partial charge in [0, 0.05) is 4.88 Å². The van der Waals surface area contributed by atoms with Crippen LogP contribution in [-0.4, -0.2) is 43.9 Å². The summed E-state index contributed by atoms with van der Waals surface area (Å²) in [5.41, 5.74) is 3.10. The Morgan fingerprint density at radius 3 is 2.70 bits per heavy atom.